The quantitative estimate of drug-likeness (QED) is 0.272. The summed E-state index contributed by atoms with van der Waals surface area (Å²) >= 11 is 0. The lowest BCUT2D eigenvalue weighted by molar-refractivity contribution is 0.481. The highest BCUT2D eigenvalue weighted by Gasteiger charge is 2.14. The van der Waals surface area contributed by atoms with Gasteiger partial charge in [-0.15, -0.1) is 0 Å². The molecule has 4 aromatic rings. The molecule has 156 valence electrons. The average Bonchev–Trinajstić information content (AvgIpc) is 3.04. The molecular formula is C28H28N2O. The molecular weight excluding hydrogens is 380 g/mol. The van der Waals surface area contributed by atoms with Crippen molar-refractivity contribution in [2.24, 2.45) is 0 Å². The summed E-state index contributed by atoms with van der Waals surface area (Å²) in [6, 6.07) is 32.9. The van der Waals surface area contributed by atoms with Gasteiger partial charge in [-0.3, -0.25) is 0 Å². The Morgan fingerprint density at radius 1 is 0.484 bits per heavy atom. The topological polar surface area (TPSA) is 33.3 Å². The van der Waals surface area contributed by atoms with Crippen LogP contribution in [0.1, 0.15) is 25.0 Å². The molecule has 0 aromatic heterocycles. The molecule has 2 heterocycles. The number of ether oxygens (including phenoxy) is 1. The maximum Gasteiger partial charge on any atom is 0.150 e. The van der Waals surface area contributed by atoms with Crippen LogP contribution in [0, 0.1) is 0 Å². The minimum absolute atomic E-state index is 0.881. The predicted molar refractivity (Wildman–Crippen MR) is 131 cm³/mol. The Kier molecular flexibility index (Phi) is 6.53. The van der Waals surface area contributed by atoms with Gasteiger partial charge in [-0.1, -0.05) is 74.5 Å². The number of hydrogen-bond donors (Lipinski definition) is 2. The van der Waals surface area contributed by atoms with Crippen LogP contribution in [-0.2, 0) is 12.8 Å². The number of hydrogen-bond acceptors (Lipinski definition) is 3. The van der Waals surface area contributed by atoms with E-state index in [1.54, 1.807) is 0 Å². The highest BCUT2D eigenvalue weighted by atomic mass is 16.5. The zero-order chi connectivity index (χ0) is 21.5. The highest BCUT2D eigenvalue weighted by molar-refractivity contribution is 5.75. The van der Waals surface area contributed by atoms with Gasteiger partial charge in [0.05, 0.1) is 11.4 Å². The minimum atomic E-state index is 0.881. The molecule has 6 rings (SSSR count). The van der Waals surface area contributed by atoms with E-state index < -0.39 is 0 Å². The van der Waals surface area contributed by atoms with Crippen molar-refractivity contribution in [1.29, 1.82) is 0 Å². The van der Waals surface area contributed by atoms with E-state index in [9.17, 15) is 0 Å². The second-order valence-electron chi connectivity index (χ2n) is 7.16. The number of nitrogens with one attached hydrogen (secondary N) is 2. The molecule has 2 aliphatic rings. The lowest BCUT2D eigenvalue weighted by Crippen LogP contribution is -2.01. The van der Waals surface area contributed by atoms with E-state index in [1.807, 2.05) is 62.4 Å². The smallest absolute Gasteiger partial charge is 0.150 e. The summed E-state index contributed by atoms with van der Waals surface area (Å²) in [4.78, 5) is 0. The Labute approximate surface area is 184 Å². The van der Waals surface area contributed by atoms with Crippen LogP contribution in [0.15, 0.2) is 97.1 Å². The molecule has 0 aliphatic carbocycles. The summed E-state index contributed by atoms with van der Waals surface area (Å²) in [6.07, 6.45) is 2.25. The molecule has 31 heavy (non-hydrogen) atoms. The fourth-order valence-electron chi connectivity index (χ4n) is 3.72. The first kappa shape index (κ1) is 20.5. The Morgan fingerprint density at radius 3 is 1.32 bits per heavy atom. The van der Waals surface area contributed by atoms with E-state index in [0.29, 0.717) is 0 Å². The molecule has 3 heteroatoms. The normalized spacial score (nSPS) is 12.1. The molecule has 2 N–H and O–H groups in total. The Morgan fingerprint density at radius 2 is 0.839 bits per heavy atom. The fraction of sp³-hybridized carbons (Fsp3) is 0.143. The van der Waals surface area contributed by atoms with E-state index in [4.69, 9.17) is 4.74 Å². The van der Waals surface area contributed by atoms with Crippen LogP contribution in [0.3, 0.4) is 0 Å². The van der Waals surface area contributed by atoms with Crippen molar-refractivity contribution >= 4 is 22.7 Å². The monoisotopic (exact) mass is 408 g/mol. The SMILES string of the molecule is CC.c1ccc2c(c1)CCc1ccccc1N2.c1ccc2c(c1)Nc1ccccc1O2. The van der Waals surface area contributed by atoms with Crippen molar-refractivity contribution in [3.8, 4) is 11.5 Å². The zero-order valence-corrected chi connectivity index (χ0v) is 18.1. The molecule has 0 unspecified atom stereocenters. The fourth-order valence-corrected chi connectivity index (χ4v) is 3.72. The Hall–Kier alpha value is -3.72. The maximum atomic E-state index is 5.71. The summed E-state index contributed by atoms with van der Waals surface area (Å²) in [5.74, 6) is 1.76. The molecule has 0 amide bonds. The zero-order valence-electron chi connectivity index (χ0n) is 18.1. The predicted octanol–water partition coefficient (Wildman–Crippen LogP) is 8.09. The third-order valence-electron chi connectivity index (χ3n) is 5.23. The van der Waals surface area contributed by atoms with E-state index in [2.05, 4.69) is 59.2 Å². The van der Waals surface area contributed by atoms with Crippen molar-refractivity contribution in [2.45, 2.75) is 26.7 Å². The molecule has 0 saturated carbocycles. The number of aryl methyl sites for hydroxylation is 2. The van der Waals surface area contributed by atoms with Gasteiger partial charge < -0.3 is 15.4 Å². The lowest BCUT2D eigenvalue weighted by atomic mass is 10.0. The van der Waals surface area contributed by atoms with E-state index in [0.717, 1.165) is 35.7 Å². The van der Waals surface area contributed by atoms with Crippen molar-refractivity contribution in [3.63, 3.8) is 0 Å². The average molecular weight is 409 g/mol. The van der Waals surface area contributed by atoms with Crippen LogP contribution in [0.25, 0.3) is 0 Å². The standard InChI is InChI=1S/C14H13N.C12H9NO.C2H6/c1-3-7-13-11(5-1)9-10-12-6-2-4-8-14(12)15-13;1-3-7-11-9(5-1)13-10-6-2-4-8-12(10)14-11;1-2/h1-8,15H,9-10H2;1-8,13H;1-2H3. The molecule has 3 nitrogen and oxygen atoms in total. The maximum absolute atomic E-state index is 5.71. The Balaban J connectivity index is 0.000000139. The molecule has 2 aliphatic heterocycles. The van der Waals surface area contributed by atoms with Crippen LogP contribution in [0.2, 0.25) is 0 Å². The van der Waals surface area contributed by atoms with Crippen molar-refractivity contribution in [3.05, 3.63) is 108 Å². The number of rotatable bonds is 0. The number of para-hydroxylation sites is 6. The lowest BCUT2D eigenvalue weighted by Gasteiger charge is -2.20. The Bertz CT molecular complexity index is 1020. The van der Waals surface area contributed by atoms with Crippen LogP contribution >= 0.6 is 0 Å². The first-order valence-corrected chi connectivity index (χ1v) is 10.9. The van der Waals surface area contributed by atoms with Crippen LogP contribution in [0.4, 0.5) is 22.7 Å². The van der Waals surface area contributed by atoms with Crippen molar-refractivity contribution in [2.75, 3.05) is 10.6 Å². The van der Waals surface area contributed by atoms with Crippen molar-refractivity contribution in [1.82, 2.24) is 0 Å². The third kappa shape index (κ3) is 4.72. The molecule has 0 fully saturated rings. The number of fused-ring (bicyclic) bond motifs is 4. The van der Waals surface area contributed by atoms with Gasteiger partial charge in [0, 0.05) is 11.4 Å². The van der Waals surface area contributed by atoms with Crippen LogP contribution in [0.5, 0.6) is 11.5 Å². The van der Waals surface area contributed by atoms with Crippen LogP contribution < -0.4 is 15.4 Å². The van der Waals surface area contributed by atoms with Gasteiger partial charge in [0.15, 0.2) is 11.5 Å². The van der Waals surface area contributed by atoms with Gasteiger partial charge >= 0.3 is 0 Å². The van der Waals surface area contributed by atoms with Gasteiger partial charge in [0.1, 0.15) is 0 Å². The summed E-state index contributed by atoms with van der Waals surface area (Å²) in [7, 11) is 0. The van der Waals surface area contributed by atoms with E-state index in [-0.39, 0.29) is 0 Å². The molecule has 0 atom stereocenters. The second-order valence-corrected chi connectivity index (χ2v) is 7.16. The van der Waals surface area contributed by atoms with E-state index in [1.165, 1.54) is 22.5 Å². The van der Waals surface area contributed by atoms with E-state index >= 15 is 0 Å². The van der Waals surface area contributed by atoms with Gasteiger partial charge in [-0.25, -0.2) is 0 Å². The van der Waals surface area contributed by atoms with Gasteiger partial charge in [-0.05, 0) is 60.4 Å². The first-order chi connectivity index (χ1) is 15.4. The summed E-state index contributed by atoms with van der Waals surface area (Å²) in [6.45, 7) is 4.00. The van der Waals surface area contributed by atoms with Gasteiger partial charge in [0.25, 0.3) is 0 Å². The number of anilines is 4. The second kappa shape index (κ2) is 9.86. The van der Waals surface area contributed by atoms with Gasteiger partial charge in [-0.2, -0.15) is 0 Å². The summed E-state index contributed by atoms with van der Waals surface area (Å²) in [5.41, 5.74) is 7.37. The van der Waals surface area contributed by atoms with Crippen molar-refractivity contribution < 1.29 is 4.74 Å². The molecule has 0 bridgehead atoms. The molecule has 0 saturated heterocycles. The molecule has 4 aromatic carbocycles. The molecule has 0 spiro atoms. The van der Waals surface area contributed by atoms with Gasteiger partial charge in [0.2, 0.25) is 0 Å². The minimum Gasteiger partial charge on any atom is -0.453 e. The largest absolute Gasteiger partial charge is 0.453 e. The summed E-state index contributed by atoms with van der Waals surface area (Å²) < 4.78 is 5.71. The molecule has 0 radical (unpaired) electrons. The third-order valence-corrected chi connectivity index (χ3v) is 5.23. The van der Waals surface area contributed by atoms with Crippen LogP contribution in [-0.4, -0.2) is 0 Å². The highest BCUT2D eigenvalue weighted by Crippen LogP contribution is 2.41. The number of benzene rings is 4. The first-order valence-electron chi connectivity index (χ1n) is 10.9. The summed E-state index contributed by atoms with van der Waals surface area (Å²) in [5, 5.41) is 6.82.